The Balaban J connectivity index is 1.27. The lowest BCUT2D eigenvalue weighted by Crippen LogP contribution is -2.66. The lowest BCUT2D eigenvalue weighted by atomic mass is 9.33. The Morgan fingerprint density at radius 3 is 2.22 bits per heavy atom. The molecule has 0 heterocycles. The van der Waals surface area contributed by atoms with Crippen molar-refractivity contribution in [3.63, 3.8) is 0 Å². The van der Waals surface area contributed by atoms with Crippen LogP contribution >= 0.6 is 0 Å². The highest BCUT2D eigenvalue weighted by atomic mass is 16.6. The van der Waals surface area contributed by atoms with Gasteiger partial charge in [0.05, 0.1) is 23.7 Å². The van der Waals surface area contributed by atoms with Crippen LogP contribution in [0.4, 0.5) is 0 Å². The van der Waals surface area contributed by atoms with Crippen LogP contribution in [0, 0.1) is 56.2 Å². The predicted octanol–water partition coefficient (Wildman–Crippen LogP) is 8.22. The third-order valence-corrected chi connectivity index (χ3v) is 17.2. The van der Waals surface area contributed by atoms with Gasteiger partial charge >= 0.3 is 5.97 Å². The van der Waals surface area contributed by atoms with Crippen LogP contribution < -0.4 is 5.32 Å². The normalized spacial score (nSPS) is 38.9. The van der Waals surface area contributed by atoms with E-state index in [1.165, 1.54) is 16.7 Å². The van der Waals surface area contributed by atoms with Crippen molar-refractivity contribution in [1.82, 2.24) is 10.2 Å². The maximum Gasteiger partial charge on any atom is 0.309 e. The first-order valence-corrected chi connectivity index (χ1v) is 21.7. The number of rotatable bonds is 13. The number of carboxylic acids is 1. The zero-order chi connectivity index (χ0) is 40.5. The summed E-state index contributed by atoms with van der Waals surface area (Å²) in [6.07, 6.45) is 6.57. The van der Waals surface area contributed by atoms with Crippen molar-refractivity contribution in [2.75, 3.05) is 27.2 Å². The van der Waals surface area contributed by atoms with E-state index in [9.17, 15) is 25.2 Å². The van der Waals surface area contributed by atoms with Gasteiger partial charge in [0.25, 0.3) is 0 Å². The first kappa shape index (κ1) is 42.8. The number of carboxylic acid groups (broad SMARTS) is 1. The van der Waals surface area contributed by atoms with E-state index in [1.807, 2.05) is 0 Å². The van der Waals surface area contributed by atoms with Crippen LogP contribution in [0.15, 0.2) is 41.5 Å². The van der Waals surface area contributed by atoms with Crippen molar-refractivity contribution in [3.8, 4) is 0 Å². The number of aliphatic hydroxyl groups is 3. The van der Waals surface area contributed by atoms with Crippen molar-refractivity contribution < 1.29 is 30.0 Å². The molecule has 0 amide bonds. The number of fused-ring (bicyclic) bond motifs is 7. The lowest BCUT2D eigenvalue weighted by molar-refractivity contribution is -0.258. The fourth-order valence-electron chi connectivity index (χ4n) is 14.1. The summed E-state index contributed by atoms with van der Waals surface area (Å²) in [6, 6.07) is 10.6. The second-order valence-electron chi connectivity index (χ2n) is 21.5. The Labute approximate surface area is 332 Å². The van der Waals surface area contributed by atoms with Gasteiger partial charge in [-0.1, -0.05) is 84.4 Å². The second-order valence-corrected chi connectivity index (χ2v) is 21.5. The topological polar surface area (TPSA) is 122 Å². The summed E-state index contributed by atoms with van der Waals surface area (Å²) in [7, 11) is 4.19. The monoisotopic (exact) mass is 765 g/mol. The average molecular weight is 765 g/mol. The molecule has 0 bridgehead atoms. The fourth-order valence-corrected chi connectivity index (χ4v) is 14.1. The number of benzene rings is 1. The quantitative estimate of drug-likeness (QED) is 0.101. The smallest absolute Gasteiger partial charge is 0.309 e. The SMILES string of the molecule is CC(C)C1=C2C3CCC4C5(C)CCC(OC(O)CC(C)(C)C(=O)O)C(C)(C)C5CCC4(C)[C@]3(C)CCC2([C@@H](O)CN[C@H](CN(C)C)c2ccccc2)CC1O. The van der Waals surface area contributed by atoms with Gasteiger partial charge < -0.3 is 35.4 Å². The standard InChI is InChI=1S/C47H76N2O6/c1-29(2)39-33(50)25-47(36(51)27-48-32(28-49(10)11)30-15-13-12-14-16-30)24-23-45(8)31(40(39)47)17-18-35-44(7)21-20-37(55-38(52)26-42(3,4)41(53)54)43(5,6)34(44)19-22-46(35,45)9/h12-16,29,31-38,48,50-52H,17-28H2,1-11H3,(H,53,54)/t31?,32-,33?,34?,35?,36+,37?,38?,44?,45-,46?,47?/m1/s1. The summed E-state index contributed by atoms with van der Waals surface area (Å²) >= 11 is 0. The average Bonchev–Trinajstić information content (AvgIpc) is 3.41. The fraction of sp³-hybridized carbons (Fsp3) is 0.809. The van der Waals surface area contributed by atoms with Gasteiger partial charge in [0.1, 0.15) is 0 Å². The van der Waals surface area contributed by atoms with Gasteiger partial charge in [0.15, 0.2) is 6.29 Å². The molecule has 0 aliphatic heterocycles. The summed E-state index contributed by atoms with van der Waals surface area (Å²) in [6.45, 7) is 21.5. The number of likely N-dealkylation sites (N-methyl/N-ethyl adjacent to an activating group) is 1. The third-order valence-electron chi connectivity index (χ3n) is 17.2. The Bertz CT molecular complexity index is 1570. The molecule has 1 aromatic carbocycles. The molecule has 0 radical (unpaired) electrons. The molecule has 0 aromatic heterocycles. The van der Waals surface area contributed by atoms with E-state index < -0.39 is 35.3 Å². The summed E-state index contributed by atoms with van der Waals surface area (Å²) in [5.74, 6) is 0.561. The molecule has 310 valence electrons. The van der Waals surface area contributed by atoms with Crippen LogP contribution in [0.1, 0.15) is 138 Å². The molecule has 0 spiro atoms. The largest absolute Gasteiger partial charge is 0.481 e. The number of nitrogens with zero attached hydrogens (tertiary/aromatic N) is 1. The Morgan fingerprint density at radius 2 is 1.60 bits per heavy atom. The molecule has 1 aromatic rings. The van der Waals surface area contributed by atoms with E-state index >= 15 is 0 Å². The van der Waals surface area contributed by atoms with Crippen molar-refractivity contribution in [1.29, 1.82) is 0 Å². The first-order chi connectivity index (χ1) is 25.5. The number of hydrogen-bond donors (Lipinski definition) is 5. The molecular formula is C47H76N2O6. The zero-order valence-corrected chi connectivity index (χ0v) is 36.1. The summed E-state index contributed by atoms with van der Waals surface area (Å²) in [4.78, 5) is 14.0. The van der Waals surface area contributed by atoms with E-state index in [2.05, 4.69) is 103 Å². The van der Waals surface area contributed by atoms with Crippen LogP contribution in [0.3, 0.4) is 0 Å². The Hall–Kier alpha value is -1.81. The maximum atomic E-state index is 12.5. The Kier molecular flexibility index (Phi) is 11.7. The number of hydrogen-bond acceptors (Lipinski definition) is 7. The minimum atomic E-state index is -1.11. The molecule has 8 heteroatoms. The van der Waals surface area contributed by atoms with Gasteiger partial charge in [-0.25, -0.2) is 0 Å². The van der Waals surface area contributed by atoms with Crippen molar-refractivity contribution in [3.05, 3.63) is 47.0 Å². The van der Waals surface area contributed by atoms with Gasteiger partial charge in [-0.15, -0.1) is 0 Å². The second kappa shape index (κ2) is 15.1. The molecule has 5 N–H and O–H groups in total. The highest BCUT2D eigenvalue weighted by molar-refractivity contribution is 5.73. The van der Waals surface area contributed by atoms with Crippen LogP contribution in [0.2, 0.25) is 0 Å². The summed E-state index contributed by atoms with van der Waals surface area (Å²) in [5, 5.41) is 48.9. The zero-order valence-electron chi connectivity index (χ0n) is 36.1. The minimum absolute atomic E-state index is 0.0354. The molecule has 6 rings (SSSR count). The minimum Gasteiger partial charge on any atom is -0.481 e. The molecule has 0 saturated heterocycles. The molecule has 55 heavy (non-hydrogen) atoms. The molecule has 9 unspecified atom stereocenters. The number of aliphatic carboxylic acids is 1. The number of aliphatic hydroxyl groups excluding tert-OH is 3. The van der Waals surface area contributed by atoms with E-state index in [-0.39, 0.29) is 46.1 Å². The molecule has 5 aliphatic rings. The van der Waals surface area contributed by atoms with E-state index in [4.69, 9.17) is 4.74 Å². The maximum absolute atomic E-state index is 12.5. The van der Waals surface area contributed by atoms with Crippen LogP contribution in [0.5, 0.6) is 0 Å². The van der Waals surface area contributed by atoms with Gasteiger partial charge in [0.2, 0.25) is 0 Å². The summed E-state index contributed by atoms with van der Waals surface area (Å²) < 4.78 is 6.39. The molecular weight excluding hydrogens is 689 g/mol. The van der Waals surface area contributed by atoms with Crippen molar-refractivity contribution in [2.45, 2.75) is 157 Å². The predicted molar refractivity (Wildman–Crippen MR) is 219 cm³/mol. The Morgan fingerprint density at radius 1 is 0.927 bits per heavy atom. The number of ether oxygens (including phenoxy) is 1. The van der Waals surface area contributed by atoms with Gasteiger partial charge in [-0.2, -0.15) is 0 Å². The van der Waals surface area contributed by atoms with E-state index in [0.29, 0.717) is 30.7 Å². The van der Waals surface area contributed by atoms with Crippen LogP contribution in [-0.2, 0) is 9.53 Å². The van der Waals surface area contributed by atoms with Crippen LogP contribution in [-0.4, -0.2) is 83.1 Å². The first-order valence-electron chi connectivity index (χ1n) is 21.7. The van der Waals surface area contributed by atoms with Gasteiger partial charge in [0, 0.05) is 31.0 Å². The number of carbonyl (C=O) groups is 1. The van der Waals surface area contributed by atoms with Gasteiger partial charge in [-0.3, -0.25) is 4.79 Å². The molecule has 4 saturated carbocycles. The molecule has 5 aliphatic carbocycles. The highest BCUT2D eigenvalue weighted by Gasteiger charge is 2.70. The van der Waals surface area contributed by atoms with Crippen molar-refractivity contribution in [2.24, 2.45) is 56.2 Å². The summed E-state index contributed by atoms with van der Waals surface area (Å²) in [5.41, 5.74) is 2.40. The van der Waals surface area contributed by atoms with E-state index in [0.717, 1.165) is 57.9 Å². The lowest BCUT2D eigenvalue weighted by Gasteiger charge is -2.72. The van der Waals surface area contributed by atoms with Crippen molar-refractivity contribution >= 4 is 5.97 Å². The highest BCUT2D eigenvalue weighted by Crippen LogP contribution is 2.77. The molecule has 12 atom stereocenters. The molecule has 8 nitrogen and oxygen atoms in total. The number of nitrogens with one attached hydrogen (secondary N) is 1. The van der Waals surface area contributed by atoms with E-state index in [1.54, 1.807) is 13.8 Å². The molecule has 4 fully saturated rings. The van der Waals surface area contributed by atoms with Crippen LogP contribution in [0.25, 0.3) is 0 Å². The van der Waals surface area contributed by atoms with Gasteiger partial charge in [-0.05, 0) is 142 Å². The third kappa shape index (κ3) is 7.09.